The van der Waals surface area contributed by atoms with Gasteiger partial charge in [0.15, 0.2) is 0 Å². The van der Waals surface area contributed by atoms with Crippen molar-refractivity contribution < 1.29 is 9.18 Å². The maximum atomic E-state index is 13.6. The predicted molar refractivity (Wildman–Crippen MR) is 94.7 cm³/mol. The summed E-state index contributed by atoms with van der Waals surface area (Å²) < 4.78 is 15.4. The molecule has 6 heteroatoms. The van der Waals surface area contributed by atoms with Gasteiger partial charge in [0.2, 0.25) is 5.91 Å². The molecule has 0 bridgehead atoms. The quantitative estimate of drug-likeness (QED) is 0.757. The standard InChI is InChI=1S/C19H17ClFN3O/c1-24-10-9-22-19(24)18(14-3-2-4-16(21)12-14)23-17(25)11-13-5-7-15(20)8-6-13/h2-10,12,18H,11H2,1H3,(H,23,25). The van der Waals surface area contributed by atoms with Crippen LogP contribution in [0.15, 0.2) is 60.9 Å². The van der Waals surface area contributed by atoms with Crippen molar-refractivity contribution in [3.63, 3.8) is 0 Å². The number of aryl methyl sites for hydroxylation is 1. The van der Waals surface area contributed by atoms with Crippen LogP contribution in [0.1, 0.15) is 23.0 Å². The molecule has 3 aromatic rings. The van der Waals surface area contributed by atoms with Crippen LogP contribution < -0.4 is 5.32 Å². The van der Waals surface area contributed by atoms with Crippen molar-refractivity contribution in [3.05, 3.63) is 88.7 Å². The number of amides is 1. The van der Waals surface area contributed by atoms with E-state index < -0.39 is 6.04 Å². The number of benzene rings is 2. The molecule has 25 heavy (non-hydrogen) atoms. The first-order valence-electron chi connectivity index (χ1n) is 7.79. The van der Waals surface area contributed by atoms with Crippen LogP contribution in [0, 0.1) is 5.82 Å². The summed E-state index contributed by atoms with van der Waals surface area (Å²) in [6, 6.07) is 12.7. The molecular formula is C19H17ClFN3O. The Morgan fingerprint density at radius 2 is 2.04 bits per heavy atom. The van der Waals surface area contributed by atoms with E-state index in [0.29, 0.717) is 16.4 Å². The van der Waals surface area contributed by atoms with Crippen molar-refractivity contribution in [3.8, 4) is 0 Å². The minimum atomic E-state index is -0.532. The third kappa shape index (κ3) is 4.25. The Morgan fingerprint density at radius 1 is 1.28 bits per heavy atom. The molecule has 0 aliphatic rings. The van der Waals surface area contributed by atoms with E-state index in [-0.39, 0.29) is 18.1 Å². The number of hydrogen-bond acceptors (Lipinski definition) is 2. The number of carbonyl (C=O) groups is 1. The first-order valence-corrected chi connectivity index (χ1v) is 8.17. The van der Waals surface area contributed by atoms with Gasteiger partial charge in [-0.1, -0.05) is 35.9 Å². The normalized spacial score (nSPS) is 12.0. The predicted octanol–water partition coefficient (Wildman–Crippen LogP) is 3.66. The van der Waals surface area contributed by atoms with Crippen LogP contribution in [0.25, 0.3) is 0 Å². The van der Waals surface area contributed by atoms with E-state index in [1.807, 2.05) is 7.05 Å². The Morgan fingerprint density at radius 3 is 2.68 bits per heavy atom. The number of imidazole rings is 1. The van der Waals surface area contributed by atoms with Gasteiger partial charge in [0.25, 0.3) is 0 Å². The van der Waals surface area contributed by atoms with E-state index in [4.69, 9.17) is 11.6 Å². The van der Waals surface area contributed by atoms with Gasteiger partial charge >= 0.3 is 0 Å². The number of carbonyl (C=O) groups excluding carboxylic acids is 1. The van der Waals surface area contributed by atoms with E-state index in [9.17, 15) is 9.18 Å². The summed E-state index contributed by atoms with van der Waals surface area (Å²) in [6.07, 6.45) is 3.63. The van der Waals surface area contributed by atoms with Gasteiger partial charge in [0.05, 0.1) is 6.42 Å². The SMILES string of the molecule is Cn1ccnc1C(NC(=O)Cc1ccc(Cl)cc1)c1cccc(F)c1. The second-order valence-corrected chi connectivity index (χ2v) is 6.19. The molecule has 128 valence electrons. The molecule has 1 amide bonds. The lowest BCUT2D eigenvalue weighted by Gasteiger charge is -2.19. The second-order valence-electron chi connectivity index (χ2n) is 5.76. The van der Waals surface area contributed by atoms with Crippen molar-refractivity contribution in [2.45, 2.75) is 12.5 Å². The summed E-state index contributed by atoms with van der Waals surface area (Å²) in [5, 5.41) is 3.57. The fourth-order valence-corrected chi connectivity index (χ4v) is 2.76. The van der Waals surface area contributed by atoms with Gasteiger partial charge in [-0.3, -0.25) is 4.79 Å². The maximum absolute atomic E-state index is 13.6. The van der Waals surface area contributed by atoms with Crippen molar-refractivity contribution in [2.24, 2.45) is 7.05 Å². The molecule has 1 N–H and O–H groups in total. The van der Waals surface area contributed by atoms with Gasteiger partial charge in [-0.25, -0.2) is 9.37 Å². The molecule has 1 unspecified atom stereocenters. The molecule has 1 heterocycles. The lowest BCUT2D eigenvalue weighted by Crippen LogP contribution is -2.32. The van der Waals surface area contributed by atoms with Crippen molar-refractivity contribution >= 4 is 17.5 Å². The number of aromatic nitrogens is 2. The van der Waals surface area contributed by atoms with Crippen molar-refractivity contribution in [2.75, 3.05) is 0 Å². The molecule has 4 nitrogen and oxygen atoms in total. The zero-order chi connectivity index (χ0) is 17.8. The Labute approximate surface area is 150 Å². The summed E-state index contributed by atoms with van der Waals surface area (Å²) >= 11 is 5.87. The van der Waals surface area contributed by atoms with Crippen molar-refractivity contribution in [1.29, 1.82) is 0 Å². The summed E-state index contributed by atoms with van der Waals surface area (Å²) in [5.41, 5.74) is 1.48. The highest BCUT2D eigenvalue weighted by atomic mass is 35.5. The van der Waals surface area contributed by atoms with Crippen LogP contribution in [-0.4, -0.2) is 15.5 Å². The molecule has 3 rings (SSSR count). The number of nitrogens with zero attached hydrogens (tertiary/aromatic N) is 2. The van der Waals surface area contributed by atoms with Crippen LogP contribution in [0.4, 0.5) is 4.39 Å². The number of halogens is 2. The molecule has 1 aromatic heterocycles. The van der Waals surface area contributed by atoms with E-state index in [0.717, 1.165) is 5.56 Å². The largest absolute Gasteiger partial charge is 0.342 e. The zero-order valence-corrected chi connectivity index (χ0v) is 14.4. The second kappa shape index (κ2) is 7.49. The number of hydrogen-bond donors (Lipinski definition) is 1. The molecule has 0 radical (unpaired) electrons. The molecule has 0 aliphatic heterocycles. The zero-order valence-electron chi connectivity index (χ0n) is 13.6. The first kappa shape index (κ1) is 17.2. The Hall–Kier alpha value is -2.66. The molecule has 0 spiro atoms. The van der Waals surface area contributed by atoms with Crippen LogP contribution in [0.3, 0.4) is 0 Å². The molecule has 0 fully saturated rings. The van der Waals surface area contributed by atoms with Crippen molar-refractivity contribution in [1.82, 2.24) is 14.9 Å². The van der Waals surface area contributed by atoms with Crippen LogP contribution in [0.2, 0.25) is 5.02 Å². The number of nitrogens with one attached hydrogen (secondary N) is 1. The molecule has 1 atom stereocenters. The topological polar surface area (TPSA) is 46.9 Å². The minimum Gasteiger partial charge on any atom is -0.342 e. The Balaban J connectivity index is 1.83. The fourth-order valence-electron chi connectivity index (χ4n) is 2.64. The smallest absolute Gasteiger partial charge is 0.225 e. The molecule has 0 saturated heterocycles. The number of rotatable bonds is 5. The van der Waals surface area contributed by atoms with Gasteiger partial charge in [-0.2, -0.15) is 0 Å². The lowest BCUT2D eigenvalue weighted by atomic mass is 10.0. The molecular weight excluding hydrogens is 341 g/mol. The summed E-state index contributed by atoms with van der Waals surface area (Å²) in [5.74, 6) is 0.0956. The monoisotopic (exact) mass is 357 g/mol. The highest BCUT2D eigenvalue weighted by Crippen LogP contribution is 2.21. The minimum absolute atomic E-state index is 0.181. The van der Waals surface area contributed by atoms with Crippen LogP contribution in [-0.2, 0) is 18.3 Å². The third-order valence-electron chi connectivity index (χ3n) is 3.88. The van der Waals surface area contributed by atoms with E-state index in [1.54, 1.807) is 53.4 Å². The first-order chi connectivity index (χ1) is 12.0. The maximum Gasteiger partial charge on any atom is 0.225 e. The summed E-state index contributed by atoms with van der Waals surface area (Å²) in [4.78, 5) is 16.8. The van der Waals surface area contributed by atoms with Gasteiger partial charge in [-0.15, -0.1) is 0 Å². The highest BCUT2D eigenvalue weighted by Gasteiger charge is 2.21. The van der Waals surface area contributed by atoms with Gasteiger partial charge in [0.1, 0.15) is 17.7 Å². The van der Waals surface area contributed by atoms with Crippen LogP contribution >= 0.6 is 11.6 Å². The average molecular weight is 358 g/mol. The van der Waals surface area contributed by atoms with Gasteiger partial charge in [0, 0.05) is 24.5 Å². The molecule has 2 aromatic carbocycles. The summed E-state index contributed by atoms with van der Waals surface area (Å²) in [6.45, 7) is 0. The van der Waals surface area contributed by atoms with Crippen LogP contribution in [0.5, 0.6) is 0 Å². The molecule has 0 saturated carbocycles. The third-order valence-corrected chi connectivity index (χ3v) is 4.13. The van der Waals surface area contributed by atoms with E-state index in [2.05, 4.69) is 10.3 Å². The van der Waals surface area contributed by atoms with Gasteiger partial charge < -0.3 is 9.88 Å². The fraction of sp³-hybridized carbons (Fsp3) is 0.158. The highest BCUT2D eigenvalue weighted by molar-refractivity contribution is 6.30. The van der Waals surface area contributed by atoms with Gasteiger partial charge in [-0.05, 0) is 35.4 Å². The average Bonchev–Trinajstić information content (AvgIpc) is 3.00. The van der Waals surface area contributed by atoms with E-state index in [1.165, 1.54) is 12.1 Å². The Bertz CT molecular complexity index is 876. The van der Waals surface area contributed by atoms with E-state index >= 15 is 0 Å². The lowest BCUT2D eigenvalue weighted by molar-refractivity contribution is -0.121. The Kier molecular flexibility index (Phi) is 5.14. The summed E-state index contributed by atoms with van der Waals surface area (Å²) in [7, 11) is 1.83. The molecule has 0 aliphatic carbocycles.